The number of imidazole rings is 1. The molecular formula is C11H15N3. The fourth-order valence-electron chi connectivity index (χ4n) is 1.91. The Bertz CT molecular complexity index is 469. The molecule has 0 saturated carbocycles. The maximum absolute atomic E-state index is 5.86. The van der Waals surface area contributed by atoms with Gasteiger partial charge in [0.25, 0.3) is 0 Å². The van der Waals surface area contributed by atoms with E-state index < -0.39 is 0 Å². The Balaban J connectivity index is 2.83. The Labute approximate surface area is 83.6 Å². The zero-order valence-corrected chi connectivity index (χ0v) is 8.78. The van der Waals surface area contributed by atoms with E-state index in [9.17, 15) is 0 Å². The van der Waals surface area contributed by atoms with Crippen molar-refractivity contribution < 1.29 is 0 Å². The molecule has 3 nitrogen and oxygen atoms in total. The van der Waals surface area contributed by atoms with Gasteiger partial charge in [-0.2, -0.15) is 0 Å². The van der Waals surface area contributed by atoms with Gasteiger partial charge in [0.05, 0.1) is 11.2 Å². The van der Waals surface area contributed by atoms with E-state index >= 15 is 0 Å². The molecule has 74 valence electrons. The summed E-state index contributed by atoms with van der Waals surface area (Å²) in [6.07, 6.45) is 0. The Morgan fingerprint density at radius 2 is 2.07 bits per heavy atom. The SMILES string of the molecule is Cc1nc2c(N)cccc2n1C(C)C. The molecule has 1 aromatic heterocycles. The van der Waals surface area contributed by atoms with Crippen molar-refractivity contribution in [2.75, 3.05) is 5.73 Å². The predicted octanol–water partition coefficient (Wildman–Crippen LogP) is 2.51. The van der Waals surface area contributed by atoms with Crippen molar-refractivity contribution in [3.8, 4) is 0 Å². The first-order valence-corrected chi connectivity index (χ1v) is 4.84. The van der Waals surface area contributed by atoms with Crippen LogP contribution in [0, 0.1) is 6.92 Å². The molecule has 3 heteroatoms. The number of hydrogen-bond acceptors (Lipinski definition) is 2. The number of rotatable bonds is 1. The number of aromatic nitrogens is 2. The normalized spacial score (nSPS) is 11.4. The van der Waals surface area contributed by atoms with Gasteiger partial charge in [0, 0.05) is 6.04 Å². The number of nitrogens with zero attached hydrogens (tertiary/aromatic N) is 2. The van der Waals surface area contributed by atoms with Crippen LogP contribution in [0.15, 0.2) is 18.2 Å². The van der Waals surface area contributed by atoms with Gasteiger partial charge in [-0.3, -0.25) is 0 Å². The summed E-state index contributed by atoms with van der Waals surface area (Å²) in [5, 5.41) is 0. The standard InChI is InChI=1S/C11H15N3/c1-7(2)14-8(3)13-11-9(12)5-4-6-10(11)14/h4-7H,12H2,1-3H3. The molecule has 0 bridgehead atoms. The van der Waals surface area contributed by atoms with Crippen LogP contribution in [0.3, 0.4) is 0 Å². The van der Waals surface area contributed by atoms with Crippen molar-refractivity contribution in [1.82, 2.24) is 9.55 Å². The van der Waals surface area contributed by atoms with Crippen molar-refractivity contribution in [2.24, 2.45) is 0 Å². The van der Waals surface area contributed by atoms with E-state index in [0.29, 0.717) is 6.04 Å². The highest BCUT2D eigenvalue weighted by Crippen LogP contribution is 2.24. The van der Waals surface area contributed by atoms with Crippen molar-refractivity contribution in [3.05, 3.63) is 24.0 Å². The van der Waals surface area contributed by atoms with Gasteiger partial charge in [0.15, 0.2) is 0 Å². The van der Waals surface area contributed by atoms with Crippen LogP contribution in [0.5, 0.6) is 0 Å². The molecule has 0 saturated heterocycles. The van der Waals surface area contributed by atoms with E-state index in [-0.39, 0.29) is 0 Å². The van der Waals surface area contributed by atoms with Gasteiger partial charge in [-0.1, -0.05) is 6.07 Å². The third-order valence-corrected chi connectivity index (χ3v) is 2.44. The predicted molar refractivity (Wildman–Crippen MR) is 59.3 cm³/mol. The molecule has 2 N–H and O–H groups in total. The van der Waals surface area contributed by atoms with Crippen LogP contribution in [0.25, 0.3) is 11.0 Å². The highest BCUT2D eigenvalue weighted by atomic mass is 15.1. The van der Waals surface area contributed by atoms with Crippen LogP contribution in [0.1, 0.15) is 25.7 Å². The second kappa shape index (κ2) is 3.01. The van der Waals surface area contributed by atoms with Crippen LogP contribution in [0.4, 0.5) is 5.69 Å². The Morgan fingerprint density at radius 1 is 1.36 bits per heavy atom. The van der Waals surface area contributed by atoms with Gasteiger partial charge in [-0.25, -0.2) is 4.98 Å². The second-order valence-corrected chi connectivity index (χ2v) is 3.84. The quantitative estimate of drug-likeness (QED) is 0.700. The number of benzene rings is 1. The van der Waals surface area contributed by atoms with Crippen molar-refractivity contribution in [3.63, 3.8) is 0 Å². The van der Waals surface area contributed by atoms with Gasteiger partial charge in [-0.15, -0.1) is 0 Å². The maximum atomic E-state index is 5.86. The minimum Gasteiger partial charge on any atom is -0.397 e. The molecule has 0 spiro atoms. The number of nitrogens with two attached hydrogens (primary N) is 1. The van der Waals surface area contributed by atoms with E-state index in [1.165, 1.54) is 0 Å². The lowest BCUT2D eigenvalue weighted by Gasteiger charge is -2.10. The highest BCUT2D eigenvalue weighted by Gasteiger charge is 2.10. The third-order valence-electron chi connectivity index (χ3n) is 2.44. The summed E-state index contributed by atoms with van der Waals surface area (Å²) in [4.78, 5) is 4.47. The number of nitrogen functional groups attached to an aromatic ring is 1. The third kappa shape index (κ3) is 1.16. The first-order valence-electron chi connectivity index (χ1n) is 4.84. The molecular weight excluding hydrogens is 174 g/mol. The number of aryl methyl sites for hydroxylation is 1. The number of anilines is 1. The average Bonchev–Trinajstić information content (AvgIpc) is 2.42. The van der Waals surface area contributed by atoms with E-state index in [2.05, 4.69) is 29.5 Å². The fourth-order valence-corrected chi connectivity index (χ4v) is 1.91. The largest absolute Gasteiger partial charge is 0.397 e. The molecule has 2 aromatic rings. The molecule has 0 radical (unpaired) electrons. The average molecular weight is 189 g/mol. The summed E-state index contributed by atoms with van der Waals surface area (Å²) in [6.45, 7) is 6.31. The van der Waals surface area contributed by atoms with Crippen molar-refractivity contribution >= 4 is 16.7 Å². The van der Waals surface area contributed by atoms with Gasteiger partial charge in [0.1, 0.15) is 11.3 Å². The smallest absolute Gasteiger partial charge is 0.112 e. The lowest BCUT2D eigenvalue weighted by molar-refractivity contribution is 0.600. The lowest BCUT2D eigenvalue weighted by atomic mass is 10.2. The second-order valence-electron chi connectivity index (χ2n) is 3.84. The minimum absolute atomic E-state index is 0.418. The van der Waals surface area contributed by atoms with E-state index in [1.54, 1.807) is 0 Å². The van der Waals surface area contributed by atoms with Crippen LogP contribution < -0.4 is 5.73 Å². The summed E-state index contributed by atoms with van der Waals surface area (Å²) >= 11 is 0. The first-order chi connectivity index (χ1) is 6.61. The highest BCUT2D eigenvalue weighted by molar-refractivity contribution is 5.87. The molecule has 0 aliphatic rings. The summed E-state index contributed by atoms with van der Waals surface area (Å²) < 4.78 is 2.20. The molecule has 0 atom stereocenters. The van der Waals surface area contributed by atoms with Gasteiger partial charge in [-0.05, 0) is 32.9 Å². The van der Waals surface area contributed by atoms with Crippen molar-refractivity contribution in [2.45, 2.75) is 26.8 Å². The molecule has 2 rings (SSSR count). The number of fused-ring (bicyclic) bond motifs is 1. The lowest BCUT2D eigenvalue weighted by Crippen LogP contribution is -2.02. The van der Waals surface area contributed by atoms with Gasteiger partial charge >= 0.3 is 0 Å². The molecule has 0 fully saturated rings. The Morgan fingerprint density at radius 3 is 2.71 bits per heavy atom. The van der Waals surface area contributed by atoms with Gasteiger partial charge < -0.3 is 10.3 Å². The molecule has 14 heavy (non-hydrogen) atoms. The number of para-hydroxylation sites is 1. The zero-order chi connectivity index (χ0) is 10.3. The number of hydrogen-bond donors (Lipinski definition) is 1. The minimum atomic E-state index is 0.418. The summed E-state index contributed by atoms with van der Waals surface area (Å²) in [5.41, 5.74) is 8.66. The molecule has 1 heterocycles. The van der Waals surface area contributed by atoms with E-state index in [4.69, 9.17) is 5.73 Å². The molecule has 0 aliphatic carbocycles. The van der Waals surface area contributed by atoms with E-state index in [1.807, 2.05) is 19.1 Å². The van der Waals surface area contributed by atoms with Crippen molar-refractivity contribution in [1.29, 1.82) is 0 Å². The van der Waals surface area contributed by atoms with Gasteiger partial charge in [0.2, 0.25) is 0 Å². The van der Waals surface area contributed by atoms with E-state index in [0.717, 1.165) is 22.5 Å². The first kappa shape index (κ1) is 9.06. The van der Waals surface area contributed by atoms with Crippen LogP contribution >= 0.6 is 0 Å². The van der Waals surface area contributed by atoms with Crippen LogP contribution in [0.2, 0.25) is 0 Å². The maximum Gasteiger partial charge on any atom is 0.112 e. The Hall–Kier alpha value is -1.51. The summed E-state index contributed by atoms with van der Waals surface area (Å²) in [6, 6.07) is 6.34. The topological polar surface area (TPSA) is 43.8 Å². The molecule has 1 aromatic carbocycles. The monoisotopic (exact) mass is 189 g/mol. The summed E-state index contributed by atoms with van der Waals surface area (Å²) in [7, 11) is 0. The fraction of sp³-hybridized carbons (Fsp3) is 0.364. The zero-order valence-electron chi connectivity index (χ0n) is 8.78. The summed E-state index contributed by atoms with van der Waals surface area (Å²) in [5.74, 6) is 1.02. The Kier molecular flexibility index (Phi) is 1.95. The molecule has 0 amide bonds. The molecule has 0 aliphatic heterocycles. The molecule has 0 unspecified atom stereocenters. The van der Waals surface area contributed by atoms with Crippen LogP contribution in [-0.4, -0.2) is 9.55 Å². The van der Waals surface area contributed by atoms with Crippen LogP contribution in [-0.2, 0) is 0 Å².